The van der Waals surface area contributed by atoms with E-state index < -0.39 is 8.07 Å². The second kappa shape index (κ2) is 3.90. The van der Waals surface area contributed by atoms with Crippen molar-refractivity contribution in [1.82, 2.24) is 0 Å². The summed E-state index contributed by atoms with van der Waals surface area (Å²) in [6, 6.07) is 0. The van der Waals surface area contributed by atoms with Crippen LogP contribution in [-0.2, 0) is 0 Å². The van der Waals surface area contributed by atoms with Crippen LogP contribution in [-0.4, -0.2) is 34.7 Å². The molecule has 0 radical (unpaired) electrons. The summed E-state index contributed by atoms with van der Waals surface area (Å²) in [5.41, 5.74) is 1.75. The molecule has 0 aliphatic heterocycles. The Balaban J connectivity index is 3.47. The van der Waals surface area contributed by atoms with Crippen molar-refractivity contribution in [2.45, 2.75) is 31.9 Å². The van der Waals surface area contributed by atoms with Crippen LogP contribution in [0.3, 0.4) is 0 Å². The van der Waals surface area contributed by atoms with Crippen molar-refractivity contribution < 1.29 is 0 Å². The third-order valence-electron chi connectivity index (χ3n) is 1.66. The minimum absolute atomic E-state index is 0.0332. The van der Waals surface area contributed by atoms with Crippen LogP contribution in [0.15, 0.2) is 0 Å². The van der Waals surface area contributed by atoms with Crippen LogP contribution < -0.4 is 0 Å². The number of hydrogen-bond donors (Lipinski definition) is 0. The van der Waals surface area contributed by atoms with E-state index in [1.54, 1.807) is 15.4 Å². The van der Waals surface area contributed by atoms with Crippen molar-refractivity contribution >= 4 is 34.7 Å². The highest BCUT2D eigenvalue weighted by Crippen LogP contribution is 2.07. The van der Waals surface area contributed by atoms with Gasteiger partial charge >= 0.3 is 0 Å². The third-order valence-corrected chi connectivity index (χ3v) is 28.5. The largest absolute Gasteiger partial charge is 0.0771 e. The summed E-state index contributed by atoms with van der Waals surface area (Å²) in [4.78, 5) is 0. The van der Waals surface area contributed by atoms with Crippen LogP contribution in [0.1, 0.15) is 0 Å². The van der Waals surface area contributed by atoms with Crippen molar-refractivity contribution in [2.75, 3.05) is 0 Å². The Labute approximate surface area is 66.9 Å². The molecule has 56 valence electrons. The van der Waals surface area contributed by atoms with Gasteiger partial charge in [0.1, 0.15) is 0 Å². The van der Waals surface area contributed by atoms with Crippen LogP contribution >= 0.6 is 0 Å². The molecule has 1 unspecified atom stereocenters. The lowest BCUT2D eigenvalue weighted by molar-refractivity contribution is 1.64. The fraction of sp³-hybridized carbons (Fsp3) is 1.00. The molecule has 9 heavy (non-hydrogen) atoms. The van der Waals surface area contributed by atoms with Gasteiger partial charge in [0.15, 0.2) is 0 Å². The first kappa shape index (κ1) is 9.87. The molecule has 1 atom stereocenters. The van der Waals surface area contributed by atoms with Crippen molar-refractivity contribution in [1.29, 1.82) is 0 Å². The summed E-state index contributed by atoms with van der Waals surface area (Å²) in [7, 11) is 1.52. The lowest BCUT2D eigenvalue weighted by Gasteiger charge is -2.18. The molecule has 0 aliphatic rings. The van der Waals surface area contributed by atoms with Crippen molar-refractivity contribution in [3.05, 3.63) is 0 Å². The van der Waals surface area contributed by atoms with Crippen LogP contribution in [0, 0.1) is 0 Å². The summed E-state index contributed by atoms with van der Waals surface area (Å²) in [5.74, 6) is 0. The van der Waals surface area contributed by atoms with Crippen LogP contribution in [0.4, 0.5) is 0 Å². The van der Waals surface area contributed by atoms with E-state index in [0.29, 0.717) is 9.04 Å². The van der Waals surface area contributed by atoms with Gasteiger partial charge in [-0.1, -0.05) is 31.9 Å². The molecule has 4 heteroatoms. The Hall–Kier alpha value is 0.868. The monoisotopic (exact) mass is 192 g/mol. The van der Waals surface area contributed by atoms with Crippen molar-refractivity contribution in [3.63, 3.8) is 0 Å². The lowest BCUT2D eigenvalue weighted by atomic mass is 11.8. The van der Waals surface area contributed by atoms with Gasteiger partial charge in [-0.05, 0) is 9.76 Å². The molecule has 0 aliphatic carbocycles. The number of hydrogen-bond acceptors (Lipinski definition) is 0. The molecule has 0 aromatic rings. The first-order valence-corrected chi connectivity index (χ1v) is 17.8. The maximum absolute atomic E-state index is 2.52. The van der Waals surface area contributed by atoms with Gasteiger partial charge in [0, 0.05) is 24.9 Å². The third kappa shape index (κ3) is 6.76. The van der Waals surface area contributed by atoms with Crippen molar-refractivity contribution in [2.24, 2.45) is 0 Å². The minimum atomic E-state index is -0.610. The van der Waals surface area contributed by atoms with Gasteiger partial charge in [0.05, 0.1) is 0 Å². The molecule has 0 fully saturated rings. The smallest absolute Gasteiger partial charge is 0.0409 e. The molecule has 0 N–H and O–H groups in total. The van der Waals surface area contributed by atoms with Gasteiger partial charge in [-0.25, -0.2) is 0 Å². The fourth-order valence-corrected chi connectivity index (χ4v) is 32.1. The van der Waals surface area contributed by atoms with E-state index >= 15 is 0 Å². The average Bonchev–Trinajstić information content (AvgIpc) is 1.62. The summed E-state index contributed by atoms with van der Waals surface area (Å²) >= 11 is 0. The Morgan fingerprint density at radius 3 is 2.00 bits per heavy atom. The molecule has 0 aromatic heterocycles. The summed E-state index contributed by atoms with van der Waals surface area (Å²) in [6.45, 7) is 10.1. The van der Waals surface area contributed by atoms with E-state index in [1.807, 2.05) is 0 Å². The normalized spacial score (nSPS) is 17.3. The van der Waals surface area contributed by atoms with Crippen LogP contribution in [0.25, 0.3) is 0 Å². The maximum Gasteiger partial charge on any atom is 0.0409 e. The van der Waals surface area contributed by atoms with Gasteiger partial charge < -0.3 is 0 Å². The Kier molecular flexibility index (Phi) is 4.27. The van der Waals surface area contributed by atoms with Gasteiger partial charge in [-0.2, -0.15) is 0 Å². The molecule has 0 nitrogen and oxygen atoms in total. The summed E-state index contributed by atoms with van der Waals surface area (Å²) in [6.07, 6.45) is 0. The lowest BCUT2D eigenvalue weighted by Crippen LogP contribution is -2.33. The zero-order valence-corrected chi connectivity index (χ0v) is 13.1. The Morgan fingerprint density at radius 2 is 1.89 bits per heavy atom. The highest BCUT2D eigenvalue weighted by atomic mass is 29.5. The predicted octanol–water partition coefficient (Wildman–Crippen LogP) is -0.333. The Morgan fingerprint density at radius 1 is 1.44 bits per heavy atom. The van der Waals surface area contributed by atoms with Gasteiger partial charge in [-0.15, -0.1) is 0 Å². The van der Waals surface area contributed by atoms with E-state index in [-0.39, 0.29) is 7.83 Å². The standard InChI is InChI=1S/C5H20Si4/c1-7-8(6)5-9(2,3)4/h8H,5,7H2,1-4,6H3. The summed E-state index contributed by atoms with van der Waals surface area (Å²) < 4.78 is 0. The molecule has 0 spiro atoms. The van der Waals surface area contributed by atoms with Gasteiger partial charge in [-0.3, -0.25) is 0 Å². The molecular weight excluding hydrogens is 172 g/mol. The molecule has 0 aromatic carbocycles. The van der Waals surface area contributed by atoms with E-state index in [2.05, 4.69) is 26.2 Å². The molecule has 0 amide bonds. The maximum atomic E-state index is 2.52. The molecule has 0 rings (SSSR count). The predicted molar refractivity (Wildman–Crippen MR) is 59.6 cm³/mol. The number of rotatable bonds is 3. The van der Waals surface area contributed by atoms with E-state index in [9.17, 15) is 0 Å². The summed E-state index contributed by atoms with van der Waals surface area (Å²) in [5, 5.41) is 0. The van der Waals surface area contributed by atoms with Crippen LogP contribution in [0.5, 0.6) is 0 Å². The first-order chi connectivity index (χ1) is 3.95. The minimum Gasteiger partial charge on any atom is -0.0771 e. The van der Waals surface area contributed by atoms with E-state index in [4.69, 9.17) is 0 Å². The highest BCUT2D eigenvalue weighted by Gasteiger charge is 2.16. The highest BCUT2D eigenvalue weighted by molar-refractivity contribution is 7.37. The van der Waals surface area contributed by atoms with E-state index in [1.165, 1.54) is 0 Å². The zero-order valence-electron chi connectivity index (χ0n) is 7.49. The average molecular weight is 193 g/mol. The zero-order chi connectivity index (χ0) is 7.49. The van der Waals surface area contributed by atoms with Gasteiger partial charge in [0.25, 0.3) is 0 Å². The quantitative estimate of drug-likeness (QED) is 0.537. The molecular formula is C5H20Si4. The Bertz CT molecular complexity index is 75.5. The van der Waals surface area contributed by atoms with Gasteiger partial charge in [0.2, 0.25) is 0 Å². The van der Waals surface area contributed by atoms with Crippen LogP contribution in [0.2, 0.25) is 31.9 Å². The second-order valence-electron chi connectivity index (χ2n) is 4.28. The fourth-order valence-electron chi connectivity index (χ4n) is 1.19. The topological polar surface area (TPSA) is 0 Å². The SMILES string of the molecule is C[SiH2][SiH]([SiH3])C[Si](C)(C)C. The van der Waals surface area contributed by atoms with E-state index in [0.717, 1.165) is 0 Å². The molecule has 0 bridgehead atoms. The molecule has 0 saturated heterocycles. The second-order valence-corrected chi connectivity index (χ2v) is 30.5. The van der Waals surface area contributed by atoms with Crippen molar-refractivity contribution in [3.8, 4) is 0 Å². The first-order valence-electron chi connectivity index (χ1n) is 3.95. The molecule has 0 heterocycles. The molecule has 0 saturated carbocycles.